The van der Waals surface area contributed by atoms with Crippen LogP contribution < -0.4 is 14.8 Å². The number of urea groups is 1. The molecule has 0 spiro atoms. The number of esters is 1. The summed E-state index contributed by atoms with van der Waals surface area (Å²) >= 11 is 0. The van der Waals surface area contributed by atoms with Crippen LogP contribution in [0.2, 0.25) is 0 Å². The van der Waals surface area contributed by atoms with E-state index in [2.05, 4.69) is 5.32 Å². The number of rotatable bonds is 4. The molecule has 2 rings (SSSR count). The lowest BCUT2D eigenvalue weighted by molar-refractivity contribution is -0.131. The quantitative estimate of drug-likeness (QED) is 0.653. The van der Waals surface area contributed by atoms with E-state index in [-0.39, 0.29) is 4.90 Å². The molecule has 0 unspecified atom stereocenters. The van der Waals surface area contributed by atoms with Crippen LogP contribution in [0, 0.1) is 6.92 Å². The van der Waals surface area contributed by atoms with Crippen LogP contribution in [0.5, 0.6) is 5.75 Å². The van der Waals surface area contributed by atoms with E-state index in [1.165, 1.54) is 43.3 Å². The summed E-state index contributed by atoms with van der Waals surface area (Å²) in [6.45, 7) is 3.10. The average molecular weight is 348 g/mol. The predicted molar refractivity (Wildman–Crippen MR) is 88.3 cm³/mol. The highest BCUT2D eigenvalue weighted by Crippen LogP contribution is 2.16. The molecule has 2 amide bonds. The molecule has 0 radical (unpaired) electrons. The molecule has 0 aliphatic carbocycles. The average Bonchev–Trinajstić information content (AvgIpc) is 2.48. The molecule has 0 saturated heterocycles. The zero-order valence-electron chi connectivity index (χ0n) is 13.1. The van der Waals surface area contributed by atoms with Crippen LogP contribution in [-0.2, 0) is 14.8 Å². The summed E-state index contributed by atoms with van der Waals surface area (Å²) in [5, 5.41) is 2.39. The van der Waals surface area contributed by atoms with Crippen molar-refractivity contribution in [1.29, 1.82) is 0 Å². The van der Waals surface area contributed by atoms with Gasteiger partial charge in [0.05, 0.1) is 4.90 Å². The second-order valence-electron chi connectivity index (χ2n) is 4.99. The van der Waals surface area contributed by atoms with Gasteiger partial charge in [-0.05, 0) is 43.3 Å². The van der Waals surface area contributed by atoms with Gasteiger partial charge in [-0.15, -0.1) is 0 Å². The van der Waals surface area contributed by atoms with Crippen molar-refractivity contribution in [2.45, 2.75) is 18.7 Å². The van der Waals surface area contributed by atoms with Crippen LogP contribution in [0.3, 0.4) is 0 Å². The molecule has 2 aromatic carbocycles. The van der Waals surface area contributed by atoms with Gasteiger partial charge in [-0.3, -0.25) is 4.79 Å². The van der Waals surface area contributed by atoms with Crippen molar-refractivity contribution < 1.29 is 22.7 Å². The van der Waals surface area contributed by atoms with Gasteiger partial charge in [-0.25, -0.2) is 17.9 Å². The molecule has 24 heavy (non-hydrogen) atoms. The number of hydrogen-bond donors (Lipinski definition) is 2. The van der Waals surface area contributed by atoms with Gasteiger partial charge in [0.2, 0.25) is 0 Å². The van der Waals surface area contributed by atoms with E-state index < -0.39 is 22.0 Å². The highest BCUT2D eigenvalue weighted by Gasteiger charge is 2.17. The summed E-state index contributed by atoms with van der Waals surface area (Å²) < 4.78 is 31.0. The predicted octanol–water partition coefficient (Wildman–Crippen LogP) is 2.43. The summed E-state index contributed by atoms with van der Waals surface area (Å²) in [5.74, 6) is -0.140. The first-order chi connectivity index (χ1) is 11.3. The van der Waals surface area contributed by atoms with E-state index in [0.29, 0.717) is 11.4 Å². The van der Waals surface area contributed by atoms with Crippen molar-refractivity contribution in [2.24, 2.45) is 0 Å². The topological polar surface area (TPSA) is 102 Å². The fourth-order valence-electron chi connectivity index (χ4n) is 1.83. The largest absolute Gasteiger partial charge is 0.427 e. The minimum absolute atomic E-state index is 0.00606. The van der Waals surface area contributed by atoms with E-state index in [9.17, 15) is 18.0 Å². The molecule has 0 heterocycles. The number of ether oxygens (including phenoxy) is 1. The smallest absolute Gasteiger partial charge is 0.333 e. The molecule has 2 aromatic rings. The summed E-state index contributed by atoms with van der Waals surface area (Å²) in [5.41, 5.74) is 1.26. The summed E-state index contributed by atoms with van der Waals surface area (Å²) in [6.07, 6.45) is 0. The standard InChI is InChI=1S/C16H16N2O5S/c1-11-3-9-15(10-4-11)24(21,22)18-16(20)17-13-5-7-14(8-6-13)23-12(2)19/h3-10H,1-2H3,(H2,17,18,20). The Morgan fingerprint density at radius 2 is 1.54 bits per heavy atom. The number of carbonyl (C=O) groups is 2. The maximum atomic E-state index is 12.1. The fraction of sp³-hybridized carbons (Fsp3) is 0.125. The molecule has 7 nitrogen and oxygen atoms in total. The van der Waals surface area contributed by atoms with Crippen molar-refractivity contribution in [3.05, 3.63) is 54.1 Å². The Morgan fingerprint density at radius 1 is 0.958 bits per heavy atom. The molecular formula is C16H16N2O5S. The first-order valence-corrected chi connectivity index (χ1v) is 8.43. The second-order valence-corrected chi connectivity index (χ2v) is 6.67. The molecule has 0 atom stereocenters. The molecule has 2 N–H and O–H groups in total. The lowest BCUT2D eigenvalue weighted by Crippen LogP contribution is -2.34. The van der Waals surface area contributed by atoms with Gasteiger partial charge in [0.1, 0.15) is 5.75 Å². The Kier molecular flexibility index (Phi) is 5.20. The van der Waals surface area contributed by atoms with Gasteiger partial charge in [-0.1, -0.05) is 17.7 Å². The molecule has 0 bridgehead atoms. The number of sulfonamides is 1. The van der Waals surface area contributed by atoms with E-state index in [0.717, 1.165) is 5.56 Å². The highest BCUT2D eigenvalue weighted by molar-refractivity contribution is 7.90. The Balaban J connectivity index is 2.02. The lowest BCUT2D eigenvalue weighted by Gasteiger charge is -2.09. The van der Waals surface area contributed by atoms with Gasteiger partial charge in [0, 0.05) is 12.6 Å². The third-order valence-corrected chi connectivity index (χ3v) is 4.28. The van der Waals surface area contributed by atoms with Crippen LogP contribution >= 0.6 is 0 Å². The van der Waals surface area contributed by atoms with Crippen molar-refractivity contribution in [3.63, 3.8) is 0 Å². The number of hydrogen-bond acceptors (Lipinski definition) is 5. The van der Waals surface area contributed by atoms with Gasteiger partial charge in [-0.2, -0.15) is 0 Å². The van der Waals surface area contributed by atoms with Crippen LogP contribution in [-0.4, -0.2) is 20.4 Å². The lowest BCUT2D eigenvalue weighted by atomic mass is 10.2. The van der Waals surface area contributed by atoms with Crippen LogP contribution in [0.25, 0.3) is 0 Å². The van der Waals surface area contributed by atoms with Crippen molar-refractivity contribution in [3.8, 4) is 5.75 Å². The third kappa shape index (κ3) is 4.82. The Bertz CT molecular complexity index is 843. The monoisotopic (exact) mass is 348 g/mol. The maximum absolute atomic E-state index is 12.1. The van der Waals surface area contributed by atoms with Crippen molar-refractivity contribution in [1.82, 2.24) is 4.72 Å². The zero-order valence-corrected chi connectivity index (χ0v) is 13.9. The first-order valence-electron chi connectivity index (χ1n) is 6.95. The number of aryl methyl sites for hydroxylation is 1. The molecule has 8 heteroatoms. The van der Waals surface area contributed by atoms with Gasteiger partial charge in [0.25, 0.3) is 10.0 Å². The van der Waals surface area contributed by atoms with Gasteiger partial charge in [0.15, 0.2) is 0 Å². The minimum atomic E-state index is -3.95. The van der Waals surface area contributed by atoms with Crippen molar-refractivity contribution >= 4 is 27.7 Å². The zero-order chi connectivity index (χ0) is 17.7. The molecule has 0 aliphatic rings. The second kappa shape index (κ2) is 7.14. The SMILES string of the molecule is CC(=O)Oc1ccc(NC(=O)NS(=O)(=O)c2ccc(C)cc2)cc1. The Morgan fingerprint density at radius 3 is 2.08 bits per heavy atom. The number of carbonyl (C=O) groups excluding carboxylic acids is 2. The van der Waals surface area contributed by atoms with E-state index >= 15 is 0 Å². The summed E-state index contributed by atoms with van der Waals surface area (Å²) in [6, 6.07) is 11.1. The van der Waals surface area contributed by atoms with E-state index in [1.807, 2.05) is 11.6 Å². The molecule has 0 fully saturated rings. The Labute approximate surface area is 139 Å². The number of benzene rings is 2. The number of amides is 2. The Hall–Kier alpha value is -2.87. The van der Waals surface area contributed by atoms with Crippen LogP contribution in [0.1, 0.15) is 12.5 Å². The van der Waals surface area contributed by atoms with Gasteiger partial charge >= 0.3 is 12.0 Å². The summed E-state index contributed by atoms with van der Waals surface area (Å²) in [7, 11) is -3.95. The number of anilines is 1. The molecule has 0 saturated carbocycles. The first kappa shape index (κ1) is 17.5. The maximum Gasteiger partial charge on any atom is 0.333 e. The molecular weight excluding hydrogens is 332 g/mol. The normalized spacial score (nSPS) is 10.8. The molecule has 126 valence electrons. The van der Waals surface area contributed by atoms with E-state index in [1.54, 1.807) is 12.1 Å². The number of nitrogens with one attached hydrogen (secondary N) is 2. The fourth-order valence-corrected chi connectivity index (χ4v) is 2.73. The minimum Gasteiger partial charge on any atom is -0.427 e. The van der Waals surface area contributed by atoms with Crippen LogP contribution in [0.4, 0.5) is 10.5 Å². The van der Waals surface area contributed by atoms with Crippen molar-refractivity contribution in [2.75, 3.05) is 5.32 Å². The van der Waals surface area contributed by atoms with Crippen LogP contribution in [0.15, 0.2) is 53.4 Å². The highest BCUT2D eigenvalue weighted by atomic mass is 32.2. The third-order valence-electron chi connectivity index (χ3n) is 2.93. The summed E-state index contributed by atoms with van der Waals surface area (Å²) in [4.78, 5) is 22.7. The van der Waals surface area contributed by atoms with E-state index in [4.69, 9.17) is 4.74 Å². The molecule has 0 aliphatic heterocycles. The van der Waals surface area contributed by atoms with Gasteiger partial charge < -0.3 is 10.1 Å². The molecule has 0 aromatic heterocycles.